The molecule has 4 rings (SSSR count). The summed E-state index contributed by atoms with van der Waals surface area (Å²) in [7, 11) is 1.63. The van der Waals surface area contributed by atoms with E-state index >= 15 is 0 Å². The number of hydrogen-bond acceptors (Lipinski definition) is 5. The molecule has 0 bridgehead atoms. The lowest BCUT2D eigenvalue weighted by Gasteiger charge is -2.06. The van der Waals surface area contributed by atoms with Crippen LogP contribution in [0.25, 0.3) is 16.2 Å². The Labute approximate surface area is 158 Å². The average molecular weight is 385 g/mol. The highest BCUT2D eigenvalue weighted by molar-refractivity contribution is 7.15. The van der Waals surface area contributed by atoms with Crippen LogP contribution in [0.5, 0.6) is 5.75 Å². The number of para-hydroxylation sites is 1. The van der Waals surface area contributed by atoms with Crippen LogP contribution in [0.3, 0.4) is 0 Å². The Bertz CT molecular complexity index is 1090. The highest BCUT2D eigenvalue weighted by Gasteiger charge is 2.16. The van der Waals surface area contributed by atoms with Crippen LogP contribution >= 0.6 is 22.9 Å². The van der Waals surface area contributed by atoms with Crippen molar-refractivity contribution in [2.24, 2.45) is 0 Å². The molecular weight excluding hydrogens is 372 g/mol. The number of aromatic nitrogens is 3. The van der Waals surface area contributed by atoms with Gasteiger partial charge in [0.1, 0.15) is 5.75 Å². The predicted molar refractivity (Wildman–Crippen MR) is 102 cm³/mol. The summed E-state index contributed by atoms with van der Waals surface area (Å²) in [6.45, 7) is 0. The molecule has 0 saturated carbocycles. The number of methoxy groups -OCH3 is 1. The van der Waals surface area contributed by atoms with Gasteiger partial charge in [0.2, 0.25) is 4.96 Å². The second kappa shape index (κ2) is 6.78. The fourth-order valence-electron chi connectivity index (χ4n) is 2.55. The van der Waals surface area contributed by atoms with Crippen LogP contribution < -0.4 is 10.1 Å². The maximum atomic E-state index is 12.3. The molecule has 1 amide bonds. The van der Waals surface area contributed by atoms with E-state index in [1.807, 2.05) is 29.6 Å². The zero-order valence-electron chi connectivity index (χ0n) is 13.6. The number of benzene rings is 2. The van der Waals surface area contributed by atoms with E-state index in [4.69, 9.17) is 16.3 Å². The Morgan fingerprint density at radius 3 is 2.73 bits per heavy atom. The number of nitrogens with one attached hydrogen (secondary N) is 1. The molecule has 0 aliphatic carbocycles. The molecule has 2 heterocycles. The molecule has 26 heavy (non-hydrogen) atoms. The maximum absolute atomic E-state index is 12.3. The predicted octanol–water partition coefficient (Wildman–Crippen LogP) is 4.37. The van der Waals surface area contributed by atoms with Crippen molar-refractivity contribution in [3.05, 3.63) is 64.5 Å². The van der Waals surface area contributed by atoms with Gasteiger partial charge in [0, 0.05) is 21.5 Å². The maximum Gasteiger partial charge on any atom is 0.258 e. The minimum absolute atomic E-state index is 0.243. The molecule has 0 spiro atoms. The normalized spacial score (nSPS) is 10.8. The van der Waals surface area contributed by atoms with E-state index in [1.54, 1.807) is 35.9 Å². The third kappa shape index (κ3) is 3.02. The molecule has 0 atom stereocenters. The van der Waals surface area contributed by atoms with Crippen molar-refractivity contribution in [3.8, 4) is 17.0 Å². The fourth-order valence-corrected chi connectivity index (χ4v) is 3.50. The summed E-state index contributed by atoms with van der Waals surface area (Å²) in [6, 6.07) is 14.3. The molecule has 6 nitrogen and oxygen atoms in total. The van der Waals surface area contributed by atoms with Crippen LogP contribution in [-0.4, -0.2) is 27.6 Å². The number of halogens is 1. The number of nitrogens with zero attached hydrogens (tertiary/aromatic N) is 3. The summed E-state index contributed by atoms with van der Waals surface area (Å²) < 4.78 is 7.11. The van der Waals surface area contributed by atoms with Gasteiger partial charge in [0.25, 0.3) is 11.9 Å². The van der Waals surface area contributed by atoms with Gasteiger partial charge < -0.3 is 4.74 Å². The molecular formula is C18H13ClN4O2S. The van der Waals surface area contributed by atoms with Crippen LogP contribution in [0.15, 0.2) is 53.9 Å². The topological polar surface area (TPSA) is 68.5 Å². The van der Waals surface area contributed by atoms with Gasteiger partial charge in [-0.2, -0.15) is 4.98 Å². The Morgan fingerprint density at radius 1 is 1.19 bits per heavy atom. The minimum Gasteiger partial charge on any atom is -0.496 e. The summed E-state index contributed by atoms with van der Waals surface area (Å²) in [5.41, 5.74) is 2.24. The van der Waals surface area contributed by atoms with E-state index in [2.05, 4.69) is 15.4 Å². The third-order valence-electron chi connectivity index (χ3n) is 3.80. The third-order valence-corrected chi connectivity index (χ3v) is 4.86. The van der Waals surface area contributed by atoms with E-state index in [0.29, 0.717) is 15.5 Å². The van der Waals surface area contributed by atoms with Gasteiger partial charge in [0.15, 0.2) is 0 Å². The van der Waals surface area contributed by atoms with Crippen molar-refractivity contribution in [2.45, 2.75) is 0 Å². The molecule has 0 aliphatic rings. The highest BCUT2D eigenvalue weighted by Crippen LogP contribution is 2.32. The van der Waals surface area contributed by atoms with E-state index < -0.39 is 0 Å². The number of anilines is 1. The number of carbonyl (C=O) groups is 1. The summed E-state index contributed by atoms with van der Waals surface area (Å²) in [6.07, 6.45) is 0. The summed E-state index contributed by atoms with van der Waals surface area (Å²) in [4.78, 5) is 17.4. The number of hydrogen-bond donors (Lipinski definition) is 1. The van der Waals surface area contributed by atoms with Crippen LogP contribution in [0, 0.1) is 0 Å². The Morgan fingerprint density at radius 2 is 1.96 bits per heavy atom. The standard InChI is InChI=1S/C18H13ClN4O2S/c1-25-15-5-3-2-4-13(15)14-10-26-18-21-17(22-23(14)18)20-16(24)11-6-8-12(19)9-7-11/h2-10H,1H3,(H,20,22,24). The molecule has 8 heteroatoms. The first-order chi connectivity index (χ1) is 12.7. The number of ether oxygens (including phenoxy) is 1. The second-order valence-corrected chi connectivity index (χ2v) is 6.69. The monoisotopic (exact) mass is 384 g/mol. The van der Waals surface area contributed by atoms with E-state index in [1.165, 1.54) is 11.3 Å². The van der Waals surface area contributed by atoms with Gasteiger partial charge in [-0.15, -0.1) is 16.4 Å². The van der Waals surface area contributed by atoms with Crippen LogP contribution in [-0.2, 0) is 0 Å². The van der Waals surface area contributed by atoms with Crippen molar-refractivity contribution in [3.63, 3.8) is 0 Å². The Balaban J connectivity index is 1.66. The van der Waals surface area contributed by atoms with Crippen molar-refractivity contribution in [1.29, 1.82) is 0 Å². The first-order valence-corrected chi connectivity index (χ1v) is 8.96. The van der Waals surface area contributed by atoms with Gasteiger partial charge in [-0.05, 0) is 36.4 Å². The van der Waals surface area contributed by atoms with E-state index in [9.17, 15) is 4.79 Å². The molecule has 2 aromatic carbocycles. The number of rotatable bonds is 4. The first-order valence-electron chi connectivity index (χ1n) is 7.70. The highest BCUT2D eigenvalue weighted by atomic mass is 35.5. The molecule has 1 N–H and O–H groups in total. The summed E-state index contributed by atoms with van der Waals surface area (Å²) in [5, 5.41) is 9.65. The lowest BCUT2D eigenvalue weighted by Crippen LogP contribution is -2.13. The van der Waals surface area contributed by atoms with Gasteiger partial charge in [-0.25, -0.2) is 4.52 Å². The zero-order chi connectivity index (χ0) is 18.1. The molecule has 130 valence electrons. The molecule has 0 radical (unpaired) electrons. The fraction of sp³-hybridized carbons (Fsp3) is 0.0556. The van der Waals surface area contributed by atoms with E-state index in [0.717, 1.165) is 17.0 Å². The molecule has 2 aromatic heterocycles. The van der Waals surface area contributed by atoms with Crippen LogP contribution in [0.2, 0.25) is 5.02 Å². The van der Waals surface area contributed by atoms with Crippen LogP contribution in [0.1, 0.15) is 10.4 Å². The second-order valence-electron chi connectivity index (χ2n) is 5.41. The quantitative estimate of drug-likeness (QED) is 0.567. The number of thiazole rings is 1. The summed E-state index contributed by atoms with van der Waals surface area (Å²) in [5.74, 6) is 0.696. The SMILES string of the molecule is COc1ccccc1-c1csc2nc(NC(=O)c3ccc(Cl)cc3)nn12. The van der Waals surface area contributed by atoms with Crippen molar-refractivity contribution < 1.29 is 9.53 Å². The molecule has 0 fully saturated rings. The van der Waals surface area contributed by atoms with Gasteiger partial charge in [-0.3, -0.25) is 10.1 Å². The summed E-state index contributed by atoms with van der Waals surface area (Å²) >= 11 is 7.29. The molecule has 0 unspecified atom stereocenters. The van der Waals surface area contributed by atoms with E-state index in [-0.39, 0.29) is 11.9 Å². The number of carbonyl (C=O) groups excluding carboxylic acids is 1. The van der Waals surface area contributed by atoms with Gasteiger partial charge in [0.05, 0.1) is 12.8 Å². The van der Waals surface area contributed by atoms with Crippen molar-refractivity contribution in [2.75, 3.05) is 12.4 Å². The largest absolute Gasteiger partial charge is 0.496 e. The van der Waals surface area contributed by atoms with Gasteiger partial charge >= 0.3 is 0 Å². The molecule has 0 saturated heterocycles. The lowest BCUT2D eigenvalue weighted by atomic mass is 10.1. The van der Waals surface area contributed by atoms with Gasteiger partial charge in [-0.1, -0.05) is 23.7 Å². The number of fused-ring (bicyclic) bond motifs is 1. The van der Waals surface area contributed by atoms with Crippen LogP contribution in [0.4, 0.5) is 5.95 Å². The zero-order valence-corrected chi connectivity index (χ0v) is 15.2. The lowest BCUT2D eigenvalue weighted by molar-refractivity contribution is 0.102. The first kappa shape index (κ1) is 16.6. The Kier molecular flexibility index (Phi) is 4.32. The number of amides is 1. The molecule has 0 aliphatic heterocycles. The average Bonchev–Trinajstić information content (AvgIpc) is 3.22. The van der Waals surface area contributed by atoms with Crippen molar-refractivity contribution >= 4 is 39.8 Å². The Hall–Kier alpha value is -2.90. The molecule has 4 aromatic rings. The smallest absolute Gasteiger partial charge is 0.258 e. The minimum atomic E-state index is -0.293. The van der Waals surface area contributed by atoms with Crippen molar-refractivity contribution in [1.82, 2.24) is 14.6 Å².